The maximum atomic E-state index is 6.22. The summed E-state index contributed by atoms with van der Waals surface area (Å²) in [6, 6.07) is 6.73. The molecular formula is C12H15ClINS. The van der Waals surface area contributed by atoms with Gasteiger partial charge < -0.3 is 5.32 Å². The SMILES string of the molecule is CC1SCCCC1Nc1ccc(I)cc1Cl. The molecule has 2 rings (SSSR count). The molecule has 1 aliphatic heterocycles. The normalized spacial score (nSPS) is 25.4. The van der Waals surface area contributed by atoms with Crippen molar-refractivity contribution in [2.24, 2.45) is 0 Å². The minimum atomic E-state index is 0.552. The van der Waals surface area contributed by atoms with E-state index in [4.69, 9.17) is 11.6 Å². The molecule has 1 heterocycles. The van der Waals surface area contributed by atoms with Crippen LogP contribution in [0.1, 0.15) is 19.8 Å². The number of anilines is 1. The predicted octanol–water partition coefficient (Wildman–Crippen LogP) is 4.64. The second-order valence-corrected chi connectivity index (χ2v) is 7.23. The molecule has 1 aromatic rings. The van der Waals surface area contributed by atoms with Gasteiger partial charge in [-0.05, 0) is 59.4 Å². The van der Waals surface area contributed by atoms with Crippen LogP contribution >= 0.6 is 46.0 Å². The number of thioether (sulfide) groups is 1. The highest BCUT2D eigenvalue weighted by molar-refractivity contribution is 14.1. The van der Waals surface area contributed by atoms with E-state index in [1.165, 1.54) is 22.2 Å². The van der Waals surface area contributed by atoms with Crippen LogP contribution in [0.3, 0.4) is 0 Å². The van der Waals surface area contributed by atoms with Gasteiger partial charge in [0.15, 0.2) is 0 Å². The Labute approximate surface area is 120 Å². The van der Waals surface area contributed by atoms with Gasteiger partial charge in [0.05, 0.1) is 10.7 Å². The first kappa shape index (κ1) is 12.8. The summed E-state index contributed by atoms with van der Waals surface area (Å²) >= 11 is 10.6. The van der Waals surface area contributed by atoms with Crippen molar-refractivity contribution in [3.05, 3.63) is 26.8 Å². The maximum Gasteiger partial charge on any atom is 0.0648 e. The summed E-state index contributed by atoms with van der Waals surface area (Å²) in [5.74, 6) is 1.29. The van der Waals surface area contributed by atoms with Gasteiger partial charge in [0.2, 0.25) is 0 Å². The summed E-state index contributed by atoms with van der Waals surface area (Å²) in [7, 11) is 0. The molecule has 0 spiro atoms. The smallest absolute Gasteiger partial charge is 0.0648 e. The van der Waals surface area contributed by atoms with Gasteiger partial charge in [-0.25, -0.2) is 0 Å². The van der Waals surface area contributed by atoms with E-state index in [9.17, 15) is 0 Å². The second kappa shape index (κ2) is 5.83. The van der Waals surface area contributed by atoms with Crippen LogP contribution < -0.4 is 5.32 Å². The van der Waals surface area contributed by atoms with E-state index < -0.39 is 0 Å². The zero-order valence-corrected chi connectivity index (χ0v) is 12.9. The molecule has 0 amide bonds. The fourth-order valence-corrected chi connectivity index (χ4v) is 3.97. The fraction of sp³-hybridized carbons (Fsp3) is 0.500. The van der Waals surface area contributed by atoms with Crippen molar-refractivity contribution in [2.45, 2.75) is 31.1 Å². The molecule has 16 heavy (non-hydrogen) atoms. The largest absolute Gasteiger partial charge is 0.380 e. The van der Waals surface area contributed by atoms with Crippen LogP contribution in [0.4, 0.5) is 5.69 Å². The third-order valence-electron chi connectivity index (χ3n) is 2.88. The molecular weight excluding hydrogens is 353 g/mol. The number of halogens is 2. The van der Waals surface area contributed by atoms with Crippen LogP contribution in [0, 0.1) is 3.57 Å². The van der Waals surface area contributed by atoms with E-state index in [0.717, 1.165) is 10.7 Å². The van der Waals surface area contributed by atoms with Crippen LogP contribution in [-0.2, 0) is 0 Å². The van der Waals surface area contributed by atoms with Gasteiger partial charge in [-0.3, -0.25) is 0 Å². The molecule has 0 aliphatic carbocycles. The lowest BCUT2D eigenvalue weighted by Crippen LogP contribution is -2.32. The van der Waals surface area contributed by atoms with E-state index in [1.54, 1.807) is 0 Å². The van der Waals surface area contributed by atoms with Crippen LogP contribution in [-0.4, -0.2) is 17.0 Å². The van der Waals surface area contributed by atoms with Crippen LogP contribution in [0.2, 0.25) is 5.02 Å². The standard InChI is InChI=1S/C12H15ClINS/c1-8-11(3-2-6-16-8)15-12-5-4-9(14)7-10(12)13/h4-5,7-8,11,15H,2-3,6H2,1H3. The Balaban J connectivity index is 2.07. The zero-order chi connectivity index (χ0) is 11.5. The predicted molar refractivity (Wildman–Crippen MR) is 82.7 cm³/mol. The molecule has 0 bridgehead atoms. The molecule has 4 heteroatoms. The number of rotatable bonds is 2. The Morgan fingerprint density at radius 2 is 2.31 bits per heavy atom. The molecule has 1 aromatic carbocycles. The number of benzene rings is 1. The van der Waals surface area contributed by atoms with Gasteiger partial charge in [-0.2, -0.15) is 11.8 Å². The van der Waals surface area contributed by atoms with Gasteiger partial charge in [0, 0.05) is 14.9 Å². The molecule has 2 atom stereocenters. The monoisotopic (exact) mass is 367 g/mol. The maximum absolute atomic E-state index is 6.22. The van der Waals surface area contributed by atoms with E-state index in [0.29, 0.717) is 11.3 Å². The van der Waals surface area contributed by atoms with Gasteiger partial charge in [0.25, 0.3) is 0 Å². The molecule has 1 N–H and O–H groups in total. The average molecular weight is 368 g/mol. The molecule has 1 saturated heterocycles. The minimum absolute atomic E-state index is 0.552. The second-order valence-electron chi connectivity index (χ2n) is 4.09. The van der Waals surface area contributed by atoms with Crippen molar-refractivity contribution in [3.8, 4) is 0 Å². The third kappa shape index (κ3) is 3.20. The van der Waals surface area contributed by atoms with Crippen LogP contribution in [0.15, 0.2) is 18.2 Å². The highest BCUT2D eigenvalue weighted by Crippen LogP contribution is 2.30. The molecule has 2 unspecified atom stereocenters. The topological polar surface area (TPSA) is 12.0 Å². The molecule has 1 fully saturated rings. The van der Waals surface area contributed by atoms with Crippen LogP contribution in [0.25, 0.3) is 0 Å². The first-order valence-corrected chi connectivity index (χ1v) is 8.00. The number of nitrogens with one attached hydrogen (secondary N) is 1. The fourth-order valence-electron chi connectivity index (χ4n) is 1.92. The van der Waals surface area contributed by atoms with Crippen molar-refractivity contribution >= 4 is 51.6 Å². The van der Waals surface area contributed by atoms with E-state index in [-0.39, 0.29) is 0 Å². The van der Waals surface area contributed by atoms with Gasteiger partial charge in [-0.15, -0.1) is 0 Å². The summed E-state index contributed by atoms with van der Waals surface area (Å²) in [5, 5.41) is 5.07. The molecule has 1 nitrogen and oxygen atoms in total. The highest BCUT2D eigenvalue weighted by atomic mass is 127. The quantitative estimate of drug-likeness (QED) is 0.764. The summed E-state index contributed by atoms with van der Waals surface area (Å²) in [4.78, 5) is 0. The van der Waals surface area contributed by atoms with E-state index in [1.807, 2.05) is 17.8 Å². The van der Waals surface area contributed by atoms with E-state index in [2.05, 4.69) is 47.0 Å². The van der Waals surface area contributed by atoms with Gasteiger partial charge >= 0.3 is 0 Å². The minimum Gasteiger partial charge on any atom is -0.380 e. The number of hydrogen-bond donors (Lipinski definition) is 1. The molecule has 88 valence electrons. The summed E-state index contributed by atoms with van der Waals surface area (Å²) in [5.41, 5.74) is 1.07. The van der Waals surface area contributed by atoms with Crippen molar-refractivity contribution in [2.75, 3.05) is 11.1 Å². The van der Waals surface area contributed by atoms with Crippen LogP contribution in [0.5, 0.6) is 0 Å². The number of hydrogen-bond acceptors (Lipinski definition) is 2. The summed E-state index contributed by atoms with van der Waals surface area (Å²) < 4.78 is 1.18. The molecule has 0 radical (unpaired) electrons. The Kier molecular flexibility index (Phi) is 4.67. The lowest BCUT2D eigenvalue weighted by molar-refractivity contribution is 0.617. The summed E-state index contributed by atoms with van der Waals surface area (Å²) in [6.07, 6.45) is 2.55. The van der Waals surface area contributed by atoms with Gasteiger partial charge in [-0.1, -0.05) is 18.5 Å². The zero-order valence-electron chi connectivity index (χ0n) is 9.17. The summed E-state index contributed by atoms with van der Waals surface area (Å²) in [6.45, 7) is 2.29. The lowest BCUT2D eigenvalue weighted by atomic mass is 10.1. The van der Waals surface area contributed by atoms with Gasteiger partial charge in [0.1, 0.15) is 0 Å². The Hall–Kier alpha value is 0.390. The Morgan fingerprint density at radius 1 is 1.50 bits per heavy atom. The molecule has 0 saturated carbocycles. The Bertz CT molecular complexity index is 372. The highest BCUT2D eigenvalue weighted by Gasteiger charge is 2.21. The van der Waals surface area contributed by atoms with Crippen molar-refractivity contribution in [1.82, 2.24) is 0 Å². The first-order valence-electron chi connectivity index (χ1n) is 5.50. The van der Waals surface area contributed by atoms with Crippen molar-refractivity contribution in [3.63, 3.8) is 0 Å². The third-order valence-corrected chi connectivity index (χ3v) is 5.24. The first-order chi connectivity index (χ1) is 7.66. The Morgan fingerprint density at radius 3 is 3.00 bits per heavy atom. The molecule has 0 aromatic heterocycles. The van der Waals surface area contributed by atoms with Crippen molar-refractivity contribution < 1.29 is 0 Å². The average Bonchev–Trinajstić information content (AvgIpc) is 2.25. The molecule has 1 aliphatic rings. The van der Waals surface area contributed by atoms with Crippen molar-refractivity contribution in [1.29, 1.82) is 0 Å². The van der Waals surface area contributed by atoms with E-state index >= 15 is 0 Å². The lowest BCUT2D eigenvalue weighted by Gasteiger charge is -2.30.